The Morgan fingerprint density at radius 2 is 2.22 bits per heavy atom. The zero-order valence-electron chi connectivity index (χ0n) is 12.0. The summed E-state index contributed by atoms with van der Waals surface area (Å²) >= 11 is 0. The number of unbranched alkanes of at least 4 members (excludes halogenated alkanes) is 2. The van der Waals surface area contributed by atoms with Crippen molar-refractivity contribution in [1.29, 1.82) is 0 Å². The minimum atomic E-state index is 0.262. The fourth-order valence-corrected chi connectivity index (χ4v) is 2.00. The van der Waals surface area contributed by atoms with Gasteiger partial charge in [-0.05, 0) is 13.5 Å². The van der Waals surface area contributed by atoms with E-state index >= 15 is 0 Å². The number of morpholine rings is 1. The van der Waals surface area contributed by atoms with Crippen LogP contribution in [0, 0.1) is 0 Å². The van der Waals surface area contributed by atoms with E-state index < -0.39 is 0 Å². The predicted molar refractivity (Wildman–Crippen MR) is 76.1 cm³/mol. The van der Waals surface area contributed by atoms with Crippen molar-refractivity contribution in [2.75, 3.05) is 46.9 Å². The summed E-state index contributed by atoms with van der Waals surface area (Å²) in [6.07, 6.45) is 3.97. The Labute approximate surface area is 111 Å². The van der Waals surface area contributed by atoms with Gasteiger partial charge in [-0.1, -0.05) is 19.8 Å². The minimum absolute atomic E-state index is 0.262. The van der Waals surface area contributed by atoms with Crippen LogP contribution >= 0.6 is 0 Å². The molecule has 0 aromatic rings. The van der Waals surface area contributed by atoms with Crippen LogP contribution in [0.2, 0.25) is 0 Å². The lowest BCUT2D eigenvalue weighted by molar-refractivity contribution is -0.0161. The Morgan fingerprint density at radius 3 is 2.89 bits per heavy atom. The summed E-state index contributed by atoms with van der Waals surface area (Å²) in [4.78, 5) is 6.51. The van der Waals surface area contributed by atoms with Crippen molar-refractivity contribution < 1.29 is 4.74 Å². The maximum absolute atomic E-state index is 5.70. The molecule has 1 rings (SSSR count). The zero-order chi connectivity index (χ0) is 13.2. The molecule has 18 heavy (non-hydrogen) atoms. The fraction of sp³-hybridized carbons (Fsp3) is 0.923. The van der Waals surface area contributed by atoms with Crippen LogP contribution in [0.25, 0.3) is 0 Å². The molecule has 0 radical (unpaired) electrons. The van der Waals surface area contributed by atoms with Crippen LogP contribution in [0.1, 0.15) is 26.2 Å². The number of ether oxygens (including phenoxy) is 1. The van der Waals surface area contributed by atoms with Gasteiger partial charge in [-0.25, -0.2) is 0 Å². The molecule has 1 aliphatic heterocycles. The van der Waals surface area contributed by atoms with Crippen molar-refractivity contribution in [3.8, 4) is 0 Å². The van der Waals surface area contributed by atoms with Gasteiger partial charge in [0.25, 0.3) is 0 Å². The standard InChI is InChI=1S/C13H28N4O/c1-4-5-6-7-15-13(14-2)16-10-12-11-17(3)8-9-18-12/h12H,4-11H2,1-3H3,(H2,14,15,16). The maximum atomic E-state index is 5.70. The minimum Gasteiger partial charge on any atom is -0.374 e. The largest absolute Gasteiger partial charge is 0.374 e. The van der Waals surface area contributed by atoms with Gasteiger partial charge in [0.2, 0.25) is 0 Å². The van der Waals surface area contributed by atoms with Crippen molar-refractivity contribution in [3.05, 3.63) is 0 Å². The number of hydrogen-bond donors (Lipinski definition) is 2. The van der Waals surface area contributed by atoms with Gasteiger partial charge in [0.05, 0.1) is 12.7 Å². The molecule has 5 heteroatoms. The Hall–Kier alpha value is -0.810. The Balaban J connectivity index is 2.14. The lowest BCUT2D eigenvalue weighted by Crippen LogP contribution is -2.48. The highest BCUT2D eigenvalue weighted by Gasteiger charge is 2.17. The van der Waals surface area contributed by atoms with Crippen LogP contribution in [0.3, 0.4) is 0 Å². The monoisotopic (exact) mass is 256 g/mol. The molecule has 0 aromatic heterocycles. The number of hydrogen-bond acceptors (Lipinski definition) is 3. The van der Waals surface area contributed by atoms with Gasteiger partial charge < -0.3 is 20.3 Å². The first-order valence-electron chi connectivity index (χ1n) is 7.01. The number of nitrogens with zero attached hydrogens (tertiary/aromatic N) is 2. The lowest BCUT2D eigenvalue weighted by Gasteiger charge is -2.30. The summed E-state index contributed by atoms with van der Waals surface area (Å²) in [5, 5.41) is 6.65. The zero-order valence-corrected chi connectivity index (χ0v) is 12.0. The molecule has 0 aromatic carbocycles. The van der Waals surface area contributed by atoms with Crippen LogP contribution in [0.5, 0.6) is 0 Å². The first-order chi connectivity index (χ1) is 8.76. The number of guanidine groups is 1. The van der Waals surface area contributed by atoms with Crippen LogP contribution in [-0.2, 0) is 4.74 Å². The molecule has 0 spiro atoms. The molecule has 0 amide bonds. The van der Waals surface area contributed by atoms with Crippen molar-refractivity contribution in [2.24, 2.45) is 4.99 Å². The summed E-state index contributed by atoms with van der Waals surface area (Å²) in [6, 6.07) is 0. The van der Waals surface area contributed by atoms with Gasteiger partial charge in [-0.2, -0.15) is 0 Å². The van der Waals surface area contributed by atoms with Gasteiger partial charge in [0, 0.05) is 33.2 Å². The quantitative estimate of drug-likeness (QED) is 0.417. The van der Waals surface area contributed by atoms with E-state index in [1.165, 1.54) is 19.3 Å². The maximum Gasteiger partial charge on any atom is 0.191 e. The first kappa shape index (κ1) is 15.2. The third kappa shape index (κ3) is 6.21. The van der Waals surface area contributed by atoms with Crippen molar-refractivity contribution in [3.63, 3.8) is 0 Å². The fourth-order valence-electron chi connectivity index (χ4n) is 2.00. The van der Waals surface area contributed by atoms with Gasteiger partial charge >= 0.3 is 0 Å². The summed E-state index contributed by atoms with van der Waals surface area (Å²) < 4.78 is 5.70. The van der Waals surface area contributed by atoms with Crippen LogP contribution in [0.4, 0.5) is 0 Å². The molecule has 0 aliphatic carbocycles. The summed E-state index contributed by atoms with van der Waals surface area (Å²) in [6.45, 7) is 6.85. The molecule has 5 nitrogen and oxygen atoms in total. The van der Waals surface area contributed by atoms with Crippen LogP contribution < -0.4 is 10.6 Å². The molecule has 1 saturated heterocycles. The molecule has 1 fully saturated rings. The predicted octanol–water partition coefficient (Wildman–Crippen LogP) is 0.672. The van der Waals surface area contributed by atoms with Crippen molar-refractivity contribution >= 4 is 5.96 Å². The van der Waals surface area contributed by atoms with E-state index in [0.29, 0.717) is 0 Å². The van der Waals surface area contributed by atoms with E-state index in [9.17, 15) is 0 Å². The molecular formula is C13H28N4O. The first-order valence-corrected chi connectivity index (χ1v) is 7.01. The molecule has 1 heterocycles. The second-order valence-corrected chi connectivity index (χ2v) is 4.84. The summed E-state index contributed by atoms with van der Waals surface area (Å²) in [5.41, 5.74) is 0. The molecule has 1 unspecified atom stereocenters. The van der Waals surface area contributed by atoms with E-state index in [1.807, 2.05) is 7.05 Å². The summed E-state index contributed by atoms with van der Waals surface area (Å²) in [7, 11) is 3.94. The molecular weight excluding hydrogens is 228 g/mol. The number of likely N-dealkylation sites (N-methyl/N-ethyl adjacent to an activating group) is 1. The number of rotatable bonds is 6. The number of nitrogens with one attached hydrogen (secondary N) is 2. The van der Waals surface area contributed by atoms with Crippen molar-refractivity contribution in [2.45, 2.75) is 32.3 Å². The van der Waals surface area contributed by atoms with E-state index in [0.717, 1.165) is 38.7 Å². The van der Waals surface area contributed by atoms with E-state index in [4.69, 9.17) is 4.74 Å². The molecule has 2 N–H and O–H groups in total. The highest BCUT2D eigenvalue weighted by atomic mass is 16.5. The molecule has 0 bridgehead atoms. The van der Waals surface area contributed by atoms with E-state index in [1.54, 1.807) is 0 Å². The molecule has 1 aliphatic rings. The van der Waals surface area contributed by atoms with E-state index in [2.05, 4.69) is 34.5 Å². The van der Waals surface area contributed by atoms with Crippen LogP contribution in [-0.4, -0.2) is 63.8 Å². The summed E-state index contributed by atoms with van der Waals surface area (Å²) in [5.74, 6) is 0.878. The van der Waals surface area contributed by atoms with Crippen LogP contribution in [0.15, 0.2) is 4.99 Å². The molecule has 0 saturated carbocycles. The topological polar surface area (TPSA) is 48.9 Å². The van der Waals surface area contributed by atoms with Gasteiger partial charge in [-0.15, -0.1) is 0 Å². The number of aliphatic imine (C=N–C) groups is 1. The van der Waals surface area contributed by atoms with Crippen molar-refractivity contribution in [1.82, 2.24) is 15.5 Å². The van der Waals surface area contributed by atoms with Gasteiger partial charge in [0.15, 0.2) is 5.96 Å². The Morgan fingerprint density at radius 1 is 1.39 bits per heavy atom. The third-order valence-electron chi connectivity index (χ3n) is 3.14. The third-order valence-corrected chi connectivity index (χ3v) is 3.14. The average Bonchev–Trinajstić information content (AvgIpc) is 2.38. The smallest absolute Gasteiger partial charge is 0.191 e. The van der Waals surface area contributed by atoms with Gasteiger partial charge in [-0.3, -0.25) is 4.99 Å². The molecule has 1 atom stereocenters. The average molecular weight is 256 g/mol. The normalized spacial score (nSPS) is 21.9. The van der Waals surface area contributed by atoms with Gasteiger partial charge in [0.1, 0.15) is 0 Å². The Bertz CT molecular complexity index is 245. The Kier molecular flexibility index (Phi) is 7.76. The molecule has 106 valence electrons. The van der Waals surface area contributed by atoms with E-state index in [-0.39, 0.29) is 6.10 Å². The second kappa shape index (κ2) is 9.16. The lowest BCUT2D eigenvalue weighted by atomic mass is 10.2. The SMILES string of the molecule is CCCCCNC(=NC)NCC1CN(C)CCO1. The highest BCUT2D eigenvalue weighted by Crippen LogP contribution is 2.01. The highest BCUT2D eigenvalue weighted by molar-refractivity contribution is 5.79. The second-order valence-electron chi connectivity index (χ2n) is 4.84.